The van der Waals surface area contributed by atoms with Gasteiger partial charge in [-0.05, 0) is 55.7 Å². The smallest absolute Gasteiger partial charge is 0.294 e. The minimum Gasteiger partial charge on any atom is -0.393 e. The van der Waals surface area contributed by atoms with E-state index in [9.17, 15) is 30.2 Å². The number of amides is 1. The van der Waals surface area contributed by atoms with E-state index in [1.54, 1.807) is 12.1 Å². The molecule has 5 atom stereocenters. The Bertz CT molecular complexity index is 864. The molecule has 0 aromatic heterocycles. The van der Waals surface area contributed by atoms with Crippen molar-refractivity contribution >= 4 is 17.5 Å². The molecule has 0 radical (unpaired) electrons. The highest BCUT2D eigenvalue weighted by atomic mass is 35.5. The highest BCUT2D eigenvalue weighted by Crippen LogP contribution is 2.36. The molecule has 1 fully saturated rings. The topological polar surface area (TPSA) is 142 Å². The van der Waals surface area contributed by atoms with Gasteiger partial charge in [0.25, 0.3) is 5.09 Å². The summed E-state index contributed by atoms with van der Waals surface area (Å²) >= 11 is 5.99. The number of benzene rings is 1. The van der Waals surface area contributed by atoms with Gasteiger partial charge in [-0.3, -0.25) is 4.79 Å². The molecule has 1 saturated carbocycles. The highest BCUT2D eigenvalue weighted by Gasteiger charge is 2.39. The van der Waals surface area contributed by atoms with Gasteiger partial charge < -0.3 is 25.5 Å². The molecule has 9 nitrogen and oxygen atoms in total. The lowest BCUT2D eigenvalue weighted by Crippen LogP contribution is -2.27. The van der Waals surface area contributed by atoms with Crippen molar-refractivity contribution in [1.29, 1.82) is 0 Å². The molecule has 1 aromatic carbocycles. The van der Waals surface area contributed by atoms with Crippen LogP contribution in [0.1, 0.15) is 44.1 Å². The Labute approximate surface area is 210 Å². The van der Waals surface area contributed by atoms with Crippen LogP contribution in [0, 0.1) is 22.0 Å². The number of halogens is 1. The number of aryl methyl sites for hydroxylation is 1. The molecule has 2 rings (SSSR count). The number of nitrogens with one attached hydrogen (secondary N) is 1. The number of aliphatic hydroxyl groups is 3. The maximum atomic E-state index is 11.7. The molecule has 1 aromatic rings. The van der Waals surface area contributed by atoms with Crippen LogP contribution in [0.4, 0.5) is 0 Å². The summed E-state index contributed by atoms with van der Waals surface area (Å²) < 4.78 is 0. The van der Waals surface area contributed by atoms with E-state index < -0.39 is 23.4 Å². The maximum Gasteiger partial charge on any atom is 0.294 e. The number of hydrogen-bond acceptors (Lipinski definition) is 7. The second-order valence-corrected chi connectivity index (χ2v) is 9.18. The fraction of sp³-hybridized carbons (Fsp3) is 0.560. The first-order valence-electron chi connectivity index (χ1n) is 11.9. The van der Waals surface area contributed by atoms with Crippen molar-refractivity contribution in [3.8, 4) is 0 Å². The van der Waals surface area contributed by atoms with Crippen LogP contribution in [-0.2, 0) is 16.1 Å². The molecule has 1 amide bonds. The lowest BCUT2D eigenvalue weighted by molar-refractivity contribution is -0.757. The molecule has 0 heterocycles. The number of aliphatic hydroxyl groups excluding tert-OH is 3. The van der Waals surface area contributed by atoms with E-state index in [2.05, 4.69) is 10.2 Å². The number of carbonyl (C=O) groups is 1. The second-order valence-electron chi connectivity index (χ2n) is 8.74. The van der Waals surface area contributed by atoms with Gasteiger partial charge >= 0.3 is 0 Å². The van der Waals surface area contributed by atoms with Crippen LogP contribution in [0.2, 0.25) is 5.02 Å². The van der Waals surface area contributed by atoms with Crippen LogP contribution in [0.3, 0.4) is 0 Å². The summed E-state index contributed by atoms with van der Waals surface area (Å²) in [7, 11) is 0. The molecule has 0 bridgehead atoms. The Morgan fingerprint density at radius 1 is 1.31 bits per heavy atom. The average molecular weight is 511 g/mol. The van der Waals surface area contributed by atoms with Gasteiger partial charge in [0, 0.05) is 30.3 Å². The molecule has 0 saturated heterocycles. The Kier molecular flexibility index (Phi) is 12.8. The van der Waals surface area contributed by atoms with Crippen molar-refractivity contribution in [3.63, 3.8) is 0 Å². The Balaban J connectivity index is 1.71. The second kappa shape index (κ2) is 15.5. The lowest BCUT2D eigenvalue weighted by Gasteiger charge is -2.19. The maximum absolute atomic E-state index is 11.7. The van der Waals surface area contributed by atoms with Crippen molar-refractivity contribution < 1.29 is 30.0 Å². The number of nitrogens with zero attached hydrogens (tertiary/aromatic N) is 1. The zero-order valence-corrected chi connectivity index (χ0v) is 20.4. The van der Waals surface area contributed by atoms with Gasteiger partial charge in [-0.1, -0.05) is 48.0 Å². The number of rotatable bonds is 15. The molecule has 1 aliphatic carbocycles. The molecular formula is C25H35ClN2O7. The van der Waals surface area contributed by atoms with Gasteiger partial charge in [-0.2, -0.15) is 0 Å². The van der Waals surface area contributed by atoms with E-state index in [0.29, 0.717) is 50.0 Å². The lowest BCUT2D eigenvalue weighted by atomic mass is 9.89. The quantitative estimate of drug-likeness (QED) is 0.123. The van der Waals surface area contributed by atoms with Gasteiger partial charge in [0.1, 0.15) is 6.61 Å². The molecular weight excluding hydrogens is 476 g/mol. The van der Waals surface area contributed by atoms with Crippen LogP contribution >= 0.6 is 11.6 Å². The van der Waals surface area contributed by atoms with Gasteiger partial charge in [-0.15, -0.1) is 10.1 Å². The fourth-order valence-corrected chi connectivity index (χ4v) is 4.43. The van der Waals surface area contributed by atoms with Gasteiger partial charge in [0.2, 0.25) is 5.91 Å². The van der Waals surface area contributed by atoms with E-state index in [0.717, 1.165) is 5.56 Å². The van der Waals surface area contributed by atoms with Crippen molar-refractivity contribution in [3.05, 3.63) is 69.3 Å². The predicted molar refractivity (Wildman–Crippen MR) is 132 cm³/mol. The summed E-state index contributed by atoms with van der Waals surface area (Å²) in [6.07, 6.45) is 9.14. The third-order valence-electron chi connectivity index (χ3n) is 6.06. The number of unbranched alkanes of at least 4 members (excludes halogenated alkanes) is 1. The Morgan fingerprint density at radius 2 is 2.11 bits per heavy atom. The summed E-state index contributed by atoms with van der Waals surface area (Å²) in [6, 6.07) is 7.52. The van der Waals surface area contributed by atoms with E-state index in [-0.39, 0.29) is 30.9 Å². The predicted octanol–water partition coefficient (Wildman–Crippen LogP) is 2.99. The highest BCUT2D eigenvalue weighted by molar-refractivity contribution is 6.30. The average Bonchev–Trinajstić information content (AvgIpc) is 3.08. The number of carbonyl (C=O) groups excluding carboxylic acids is 1. The minimum absolute atomic E-state index is 0.0851. The van der Waals surface area contributed by atoms with E-state index in [1.165, 1.54) is 0 Å². The standard InChI is InChI=1S/C25H35ClN2O7/c26-19-7-5-6-18(16-19)10-11-20(29)12-13-22-21(23(30)17-24(22)31)8-3-1-2-4-9-25(32)27-14-15-35-28(33)34/h1,3,5-7,12-13,16,20-24,29-31H,2,4,8-11,14-15,17H2,(H,27,32)/t20-,21+,22+,23-,24+/m0/s1. The summed E-state index contributed by atoms with van der Waals surface area (Å²) in [6.45, 7) is -0.0928. The van der Waals surface area contributed by atoms with Crippen LogP contribution < -0.4 is 5.32 Å². The Morgan fingerprint density at radius 3 is 2.86 bits per heavy atom. The fourth-order valence-electron chi connectivity index (χ4n) is 4.22. The van der Waals surface area contributed by atoms with Gasteiger partial charge in [0.15, 0.2) is 0 Å². The minimum atomic E-state index is -0.900. The summed E-state index contributed by atoms with van der Waals surface area (Å²) in [5.74, 6) is -0.594. The van der Waals surface area contributed by atoms with Gasteiger partial charge in [-0.25, -0.2) is 0 Å². The molecule has 1 aliphatic rings. The SMILES string of the molecule is O=C(CCCC=CC[C@@H]1[C@@H](C=C[C@@H](O)CCc2cccc(Cl)c2)[C@H](O)C[C@@H]1O)NCCO[N+](=O)[O-]. The molecule has 10 heteroatoms. The van der Waals surface area contributed by atoms with Crippen molar-refractivity contribution in [2.45, 2.75) is 63.3 Å². The largest absolute Gasteiger partial charge is 0.393 e. The van der Waals surface area contributed by atoms with Crippen molar-refractivity contribution in [2.24, 2.45) is 11.8 Å². The van der Waals surface area contributed by atoms with Crippen molar-refractivity contribution in [2.75, 3.05) is 13.2 Å². The number of allylic oxidation sites excluding steroid dienone is 2. The normalized spacial score (nSPS) is 23.1. The van der Waals surface area contributed by atoms with E-state index in [1.807, 2.05) is 36.4 Å². The van der Waals surface area contributed by atoms with E-state index in [4.69, 9.17) is 11.6 Å². The Hall–Kier alpha value is -2.46. The third-order valence-corrected chi connectivity index (χ3v) is 6.29. The zero-order valence-electron chi connectivity index (χ0n) is 19.7. The van der Waals surface area contributed by atoms with Gasteiger partial charge in [0.05, 0.1) is 18.3 Å². The first-order chi connectivity index (χ1) is 16.8. The van der Waals surface area contributed by atoms with Crippen LogP contribution in [0.25, 0.3) is 0 Å². The summed E-state index contributed by atoms with van der Waals surface area (Å²) in [4.78, 5) is 25.8. The molecule has 0 aliphatic heterocycles. The monoisotopic (exact) mass is 510 g/mol. The zero-order chi connectivity index (χ0) is 25.6. The summed E-state index contributed by atoms with van der Waals surface area (Å²) in [5.41, 5.74) is 1.05. The van der Waals surface area contributed by atoms with Crippen LogP contribution in [0.5, 0.6) is 0 Å². The number of hydrogen-bond donors (Lipinski definition) is 4. The molecule has 0 unspecified atom stereocenters. The van der Waals surface area contributed by atoms with Crippen molar-refractivity contribution in [1.82, 2.24) is 5.32 Å². The molecule has 194 valence electrons. The molecule has 4 N–H and O–H groups in total. The molecule has 0 spiro atoms. The van der Waals surface area contributed by atoms with E-state index >= 15 is 0 Å². The van der Waals surface area contributed by atoms with Crippen LogP contribution in [0.15, 0.2) is 48.6 Å². The first-order valence-corrected chi connectivity index (χ1v) is 12.3. The third kappa shape index (κ3) is 11.2. The van der Waals surface area contributed by atoms with Crippen LogP contribution in [-0.4, -0.2) is 57.8 Å². The summed E-state index contributed by atoms with van der Waals surface area (Å²) in [5, 5.41) is 43.4. The molecule has 35 heavy (non-hydrogen) atoms. The first kappa shape index (κ1) is 28.8.